The van der Waals surface area contributed by atoms with Gasteiger partial charge in [0.1, 0.15) is 16.4 Å². The molecular formula is C35H40ClN5O5S. The minimum Gasteiger partial charge on any atom is -0.358 e. The lowest BCUT2D eigenvalue weighted by Crippen LogP contribution is -2.40. The van der Waals surface area contributed by atoms with Gasteiger partial charge in [0.05, 0.1) is 16.9 Å². The average molecular weight is 678 g/mol. The highest BCUT2D eigenvalue weighted by molar-refractivity contribution is 7.92. The van der Waals surface area contributed by atoms with E-state index in [0.29, 0.717) is 36.5 Å². The number of aryl methyl sites for hydroxylation is 1. The van der Waals surface area contributed by atoms with Crippen LogP contribution in [0, 0.1) is 12.3 Å². The first-order chi connectivity index (χ1) is 22.6. The van der Waals surface area contributed by atoms with Crippen LogP contribution >= 0.6 is 11.6 Å². The van der Waals surface area contributed by atoms with Crippen LogP contribution in [0.4, 0.5) is 5.82 Å². The molecule has 3 aromatic rings. The number of anilines is 1. The summed E-state index contributed by atoms with van der Waals surface area (Å²) in [4.78, 5) is 36.1. The van der Waals surface area contributed by atoms with Gasteiger partial charge in [-0.25, -0.2) is 8.42 Å². The Hall–Kier alpha value is -3.70. The van der Waals surface area contributed by atoms with E-state index in [2.05, 4.69) is 16.8 Å². The molecule has 10 nitrogen and oxygen atoms in total. The van der Waals surface area contributed by atoms with Crippen molar-refractivity contribution in [2.45, 2.75) is 102 Å². The number of hydrogen-bond acceptors (Lipinski definition) is 7. The molecule has 7 rings (SSSR count). The van der Waals surface area contributed by atoms with Crippen molar-refractivity contribution in [1.29, 1.82) is 0 Å². The van der Waals surface area contributed by atoms with E-state index in [1.54, 1.807) is 25.1 Å². The number of carbonyl (C=O) groups excluding carboxylic acids is 2. The zero-order valence-corrected chi connectivity index (χ0v) is 28.4. The van der Waals surface area contributed by atoms with Crippen LogP contribution in [0.5, 0.6) is 0 Å². The molecule has 3 fully saturated rings. The predicted octanol–water partition coefficient (Wildman–Crippen LogP) is 6.86. The number of unbranched alkanes of at least 4 members (excludes halogenated alkanes) is 1. The van der Waals surface area contributed by atoms with Crippen LogP contribution in [-0.2, 0) is 32.7 Å². The van der Waals surface area contributed by atoms with E-state index < -0.39 is 15.6 Å². The van der Waals surface area contributed by atoms with Crippen LogP contribution < -0.4 is 4.72 Å². The van der Waals surface area contributed by atoms with Crippen LogP contribution in [-0.4, -0.2) is 53.1 Å². The van der Waals surface area contributed by atoms with E-state index in [1.165, 1.54) is 6.07 Å². The van der Waals surface area contributed by atoms with Crippen LogP contribution in [0.2, 0.25) is 5.02 Å². The summed E-state index contributed by atoms with van der Waals surface area (Å²) in [6.45, 7) is 5.11. The Labute approximate surface area is 280 Å². The summed E-state index contributed by atoms with van der Waals surface area (Å²) < 4.78 is 35.1. The second kappa shape index (κ2) is 12.1. The number of aromatic nitrogens is 1. The molecule has 0 atom stereocenters. The number of carbonyl (C=O) groups is 2. The van der Waals surface area contributed by atoms with Crippen molar-refractivity contribution < 1.29 is 22.5 Å². The fraction of sp³-hybridized carbons (Fsp3) is 0.486. The van der Waals surface area contributed by atoms with Crippen molar-refractivity contribution in [2.75, 3.05) is 11.3 Å². The van der Waals surface area contributed by atoms with Gasteiger partial charge in [-0.15, -0.1) is 0 Å². The Morgan fingerprint density at radius 3 is 2.43 bits per heavy atom. The molecule has 248 valence electrons. The van der Waals surface area contributed by atoms with E-state index in [-0.39, 0.29) is 33.0 Å². The summed E-state index contributed by atoms with van der Waals surface area (Å²) in [6.07, 6.45) is 9.01. The molecule has 47 heavy (non-hydrogen) atoms. The zero-order valence-electron chi connectivity index (χ0n) is 26.9. The van der Waals surface area contributed by atoms with Crippen molar-refractivity contribution in [3.8, 4) is 11.1 Å². The number of aliphatic imine (C=N–C) groups is 1. The first-order valence-electron chi connectivity index (χ1n) is 16.6. The summed E-state index contributed by atoms with van der Waals surface area (Å²) in [5, 5.41) is 3.87. The van der Waals surface area contributed by atoms with E-state index in [0.717, 1.165) is 81.2 Å². The van der Waals surface area contributed by atoms with Crippen molar-refractivity contribution in [1.82, 2.24) is 15.0 Å². The van der Waals surface area contributed by atoms with Gasteiger partial charge in [0.2, 0.25) is 11.7 Å². The lowest BCUT2D eigenvalue weighted by molar-refractivity contribution is -0.132. The molecule has 0 bridgehead atoms. The molecule has 1 aromatic heterocycles. The van der Waals surface area contributed by atoms with E-state index in [1.807, 2.05) is 28.0 Å². The largest absolute Gasteiger partial charge is 0.358 e. The molecule has 2 amide bonds. The molecule has 2 spiro atoms. The minimum absolute atomic E-state index is 0.0454. The second-order valence-electron chi connectivity index (χ2n) is 13.5. The first kappa shape index (κ1) is 31.9. The molecule has 3 heterocycles. The summed E-state index contributed by atoms with van der Waals surface area (Å²) in [6, 6.07) is 12.6. The van der Waals surface area contributed by atoms with Gasteiger partial charge in [0, 0.05) is 25.1 Å². The molecule has 0 unspecified atom stereocenters. The fourth-order valence-electron chi connectivity index (χ4n) is 7.41. The summed E-state index contributed by atoms with van der Waals surface area (Å²) in [7, 11) is -4.14. The predicted molar refractivity (Wildman–Crippen MR) is 179 cm³/mol. The number of amides is 2. The minimum atomic E-state index is -4.14. The van der Waals surface area contributed by atoms with Crippen LogP contribution in [0.3, 0.4) is 0 Å². The maximum atomic E-state index is 13.9. The van der Waals surface area contributed by atoms with Gasteiger partial charge in [-0.2, -0.15) is 0 Å². The van der Waals surface area contributed by atoms with E-state index in [9.17, 15) is 18.0 Å². The van der Waals surface area contributed by atoms with Gasteiger partial charge in [-0.05, 0) is 68.2 Å². The summed E-state index contributed by atoms with van der Waals surface area (Å²) >= 11 is 6.24. The van der Waals surface area contributed by atoms with Crippen LogP contribution in [0.1, 0.15) is 88.0 Å². The first-order valence-corrected chi connectivity index (χ1v) is 18.5. The number of hydrogen-bond donors (Lipinski definition) is 1. The normalized spacial score (nSPS) is 19.8. The Morgan fingerprint density at radius 1 is 0.979 bits per heavy atom. The zero-order chi connectivity index (χ0) is 33.0. The van der Waals surface area contributed by atoms with Gasteiger partial charge in [0.15, 0.2) is 5.76 Å². The Balaban J connectivity index is 1.25. The molecule has 0 radical (unpaired) electrons. The third-order valence-corrected chi connectivity index (χ3v) is 12.1. The fourth-order valence-corrected chi connectivity index (χ4v) is 8.82. The van der Waals surface area contributed by atoms with E-state index in [4.69, 9.17) is 21.1 Å². The third-order valence-electron chi connectivity index (χ3n) is 10.3. The van der Waals surface area contributed by atoms with Crippen LogP contribution in [0.15, 0.2) is 56.9 Å². The number of nitrogens with one attached hydrogen (secondary N) is 1. The van der Waals surface area contributed by atoms with Gasteiger partial charge >= 0.3 is 0 Å². The average Bonchev–Trinajstić information content (AvgIpc) is 3.30. The second-order valence-corrected chi connectivity index (χ2v) is 15.5. The van der Waals surface area contributed by atoms with Gasteiger partial charge in [-0.3, -0.25) is 24.2 Å². The highest BCUT2D eigenvalue weighted by atomic mass is 35.5. The SMILES string of the molecule is CCCCC1=NC2(CCCC2)C(=O)N1Cc1ccc(-c2ccccc2S(=O)(=O)Nc2noc(C)c2Cl)c(CN2CCC3(CC3)C2=O)c1. The van der Waals surface area contributed by atoms with Gasteiger partial charge < -0.3 is 9.42 Å². The number of benzene rings is 2. The molecule has 2 aliphatic carbocycles. The number of amidine groups is 1. The summed E-state index contributed by atoms with van der Waals surface area (Å²) in [5.74, 6) is 1.33. The number of likely N-dealkylation sites (tertiary alicyclic amines) is 1. The molecule has 2 aromatic carbocycles. The molecule has 2 saturated carbocycles. The highest BCUT2D eigenvalue weighted by Crippen LogP contribution is 2.54. The Bertz CT molecular complexity index is 1880. The molecule has 4 aliphatic rings. The molecular weight excluding hydrogens is 638 g/mol. The van der Waals surface area contributed by atoms with Crippen LogP contribution in [0.25, 0.3) is 11.1 Å². The maximum absolute atomic E-state index is 13.9. The number of rotatable bonds is 11. The molecule has 1 saturated heterocycles. The standard InChI is InChI=1S/C35H40ClN5O5S/c1-3-4-11-29-37-35(14-7-8-15-35)33(43)41(29)21-24-12-13-26(25(20-24)22-40-19-18-34(16-17-34)32(40)42)27-9-5-6-10-28(27)47(44,45)39-31-30(36)23(2)46-38-31/h5-6,9-10,12-13,20H,3-4,7-8,11,14-19,21-22H2,1-2H3,(H,38,39). The Kier molecular flexibility index (Phi) is 8.19. The smallest absolute Gasteiger partial charge is 0.263 e. The van der Waals surface area contributed by atoms with Crippen molar-refractivity contribution >= 4 is 45.1 Å². The van der Waals surface area contributed by atoms with Gasteiger partial charge in [0.25, 0.3) is 15.9 Å². The Morgan fingerprint density at radius 2 is 1.74 bits per heavy atom. The topological polar surface area (TPSA) is 125 Å². The van der Waals surface area contributed by atoms with Crippen molar-refractivity contribution in [2.24, 2.45) is 10.4 Å². The van der Waals surface area contributed by atoms with Crippen molar-refractivity contribution in [3.05, 3.63) is 64.4 Å². The van der Waals surface area contributed by atoms with Crippen molar-refractivity contribution in [3.63, 3.8) is 0 Å². The number of sulfonamides is 1. The maximum Gasteiger partial charge on any atom is 0.263 e. The third kappa shape index (κ3) is 5.75. The van der Waals surface area contributed by atoms with Gasteiger partial charge in [-0.1, -0.05) is 79.3 Å². The molecule has 12 heteroatoms. The quantitative estimate of drug-likeness (QED) is 0.236. The summed E-state index contributed by atoms with van der Waals surface area (Å²) in [5.41, 5.74) is 2.06. The lowest BCUT2D eigenvalue weighted by atomic mass is 9.95. The monoisotopic (exact) mass is 677 g/mol. The highest BCUT2D eigenvalue weighted by Gasteiger charge is 2.55. The molecule has 2 aliphatic heterocycles. The number of halogens is 1. The number of nitrogens with zero attached hydrogens (tertiary/aromatic N) is 4. The molecule has 1 N–H and O–H groups in total. The lowest BCUT2D eigenvalue weighted by Gasteiger charge is -2.24. The van der Waals surface area contributed by atoms with E-state index >= 15 is 0 Å².